The number of carbonyl (C=O) groups is 2. The molecule has 2 fully saturated rings. The average molecular weight is 338 g/mol. The molecule has 7 heteroatoms. The Kier molecular flexibility index (Phi) is 3.83. The van der Waals surface area contributed by atoms with Crippen LogP contribution in [0.3, 0.4) is 0 Å². The number of amides is 2. The molecule has 3 heterocycles. The van der Waals surface area contributed by atoms with E-state index in [0.717, 1.165) is 5.56 Å². The lowest BCUT2D eigenvalue weighted by Crippen LogP contribution is -2.53. The van der Waals surface area contributed by atoms with Gasteiger partial charge in [0.2, 0.25) is 0 Å². The molecule has 4 rings (SSSR count). The number of carbonyl (C=O) groups excluding carboxylic acids is 2. The van der Waals surface area contributed by atoms with Crippen LogP contribution in [0.25, 0.3) is 11.3 Å². The summed E-state index contributed by atoms with van der Waals surface area (Å²) in [5.74, 6) is 0.507. The third kappa shape index (κ3) is 2.82. The third-order valence-electron chi connectivity index (χ3n) is 4.59. The van der Waals surface area contributed by atoms with Gasteiger partial charge in [-0.1, -0.05) is 30.3 Å². The number of hydrogen-bond acceptors (Lipinski definition) is 5. The van der Waals surface area contributed by atoms with Crippen LogP contribution in [0.4, 0.5) is 4.79 Å². The largest absolute Gasteiger partial charge is 0.447 e. The van der Waals surface area contributed by atoms with Crippen LogP contribution in [0.2, 0.25) is 0 Å². The van der Waals surface area contributed by atoms with Crippen molar-refractivity contribution in [1.82, 2.24) is 19.8 Å². The molecule has 0 saturated carbocycles. The van der Waals surface area contributed by atoms with Crippen molar-refractivity contribution >= 4 is 12.0 Å². The minimum absolute atomic E-state index is 0.0725. The highest BCUT2D eigenvalue weighted by atomic mass is 16.6. The number of piperazine rings is 1. The summed E-state index contributed by atoms with van der Waals surface area (Å²) >= 11 is 0. The Bertz CT molecular complexity index is 824. The Morgan fingerprint density at radius 2 is 2.04 bits per heavy atom. The smallest absolute Gasteiger partial charge is 0.410 e. The van der Waals surface area contributed by atoms with Crippen LogP contribution in [-0.4, -0.2) is 64.1 Å². The van der Waals surface area contributed by atoms with Gasteiger partial charge < -0.3 is 9.64 Å². The molecule has 2 saturated heterocycles. The van der Waals surface area contributed by atoms with Gasteiger partial charge in [0.1, 0.15) is 12.4 Å². The van der Waals surface area contributed by atoms with Crippen molar-refractivity contribution in [3.05, 3.63) is 47.9 Å². The standard InChI is InChI=1S/C18H18N4O3/c1-12-19-9-15(16(20-12)13-5-3-2-4-6-13)17(23)21-7-8-22-14(10-21)11-25-18(22)24/h2-6,9,14H,7-8,10-11H2,1H3/t14-/m1/s1. The van der Waals surface area contributed by atoms with Gasteiger partial charge in [-0.25, -0.2) is 14.8 Å². The molecule has 2 aliphatic rings. The summed E-state index contributed by atoms with van der Waals surface area (Å²) in [7, 11) is 0. The normalized spacial score (nSPS) is 19.6. The van der Waals surface area contributed by atoms with Crippen LogP contribution in [-0.2, 0) is 4.74 Å². The number of cyclic esters (lactones) is 1. The van der Waals surface area contributed by atoms with Crippen LogP contribution in [0, 0.1) is 6.92 Å². The van der Waals surface area contributed by atoms with Crippen molar-refractivity contribution in [2.75, 3.05) is 26.2 Å². The van der Waals surface area contributed by atoms with Crippen molar-refractivity contribution < 1.29 is 14.3 Å². The Balaban J connectivity index is 1.64. The maximum atomic E-state index is 13.1. The monoisotopic (exact) mass is 338 g/mol. The molecule has 128 valence electrons. The van der Waals surface area contributed by atoms with E-state index in [1.165, 1.54) is 0 Å². The van der Waals surface area contributed by atoms with Gasteiger partial charge in [0, 0.05) is 31.4 Å². The summed E-state index contributed by atoms with van der Waals surface area (Å²) in [6.45, 7) is 3.57. The van der Waals surface area contributed by atoms with Crippen molar-refractivity contribution in [2.24, 2.45) is 0 Å². The van der Waals surface area contributed by atoms with Crippen LogP contribution in [0.15, 0.2) is 36.5 Å². The Morgan fingerprint density at radius 1 is 1.24 bits per heavy atom. The van der Waals surface area contributed by atoms with Gasteiger partial charge in [0.15, 0.2) is 0 Å². The number of aromatic nitrogens is 2. The van der Waals surface area contributed by atoms with Gasteiger partial charge in [-0.05, 0) is 6.92 Å². The average Bonchev–Trinajstić information content (AvgIpc) is 3.02. The molecule has 1 aromatic heterocycles. The highest BCUT2D eigenvalue weighted by molar-refractivity contribution is 5.99. The molecule has 2 aliphatic heterocycles. The molecular weight excluding hydrogens is 320 g/mol. The van der Waals surface area contributed by atoms with Gasteiger partial charge in [-0.3, -0.25) is 9.69 Å². The summed E-state index contributed by atoms with van der Waals surface area (Å²) in [6.07, 6.45) is 1.30. The number of benzene rings is 1. The number of fused-ring (bicyclic) bond motifs is 1. The van der Waals surface area contributed by atoms with Crippen molar-refractivity contribution in [1.29, 1.82) is 0 Å². The second-order valence-corrected chi connectivity index (χ2v) is 6.22. The van der Waals surface area contributed by atoms with Gasteiger partial charge >= 0.3 is 6.09 Å². The van der Waals surface area contributed by atoms with E-state index >= 15 is 0 Å². The van der Waals surface area contributed by atoms with Crippen molar-refractivity contribution in [3.63, 3.8) is 0 Å². The Morgan fingerprint density at radius 3 is 2.84 bits per heavy atom. The topological polar surface area (TPSA) is 75.6 Å². The van der Waals surface area contributed by atoms with Crippen LogP contribution in [0.5, 0.6) is 0 Å². The summed E-state index contributed by atoms with van der Waals surface area (Å²) in [5, 5.41) is 0. The maximum Gasteiger partial charge on any atom is 0.410 e. The Labute approximate surface area is 145 Å². The number of hydrogen-bond donors (Lipinski definition) is 0. The van der Waals surface area contributed by atoms with Crippen molar-refractivity contribution in [3.8, 4) is 11.3 Å². The molecule has 0 spiro atoms. The fourth-order valence-electron chi connectivity index (χ4n) is 3.29. The molecule has 0 unspecified atom stereocenters. The molecule has 1 aromatic carbocycles. The molecule has 2 aromatic rings. The van der Waals surface area contributed by atoms with Crippen molar-refractivity contribution in [2.45, 2.75) is 13.0 Å². The second kappa shape index (κ2) is 6.16. The predicted octanol–water partition coefficient (Wildman–Crippen LogP) is 1.73. The van der Waals surface area contributed by atoms with Gasteiger partial charge in [-0.15, -0.1) is 0 Å². The van der Waals surface area contributed by atoms with Gasteiger partial charge in [0.25, 0.3) is 5.91 Å². The molecule has 0 radical (unpaired) electrons. The van der Waals surface area contributed by atoms with E-state index in [2.05, 4.69) is 9.97 Å². The highest BCUT2D eigenvalue weighted by Gasteiger charge is 2.39. The minimum atomic E-state index is -0.291. The number of nitrogens with zero attached hydrogens (tertiary/aromatic N) is 4. The zero-order valence-electron chi connectivity index (χ0n) is 13.9. The minimum Gasteiger partial charge on any atom is -0.447 e. The number of ether oxygens (including phenoxy) is 1. The summed E-state index contributed by atoms with van der Waals surface area (Å²) in [5.41, 5.74) is 2.00. The predicted molar refractivity (Wildman–Crippen MR) is 90.0 cm³/mol. The Hall–Kier alpha value is -2.96. The lowest BCUT2D eigenvalue weighted by Gasteiger charge is -2.35. The van der Waals surface area contributed by atoms with E-state index in [1.54, 1.807) is 22.9 Å². The highest BCUT2D eigenvalue weighted by Crippen LogP contribution is 2.24. The van der Waals surface area contributed by atoms with Crippen LogP contribution >= 0.6 is 0 Å². The van der Waals surface area contributed by atoms with Crippen LogP contribution < -0.4 is 0 Å². The van der Waals surface area contributed by atoms with Gasteiger partial charge in [0.05, 0.1) is 17.3 Å². The van der Waals surface area contributed by atoms with Gasteiger partial charge in [-0.2, -0.15) is 0 Å². The lowest BCUT2D eigenvalue weighted by molar-refractivity contribution is 0.0617. The maximum absolute atomic E-state index is 13.1. The zero-order valence-corrected chi connectivity index (χ0v) is 13.9. The number of aryl methyl sites for hydroxylation is 1. The molecule has 2 amide bonds. The first-order valence-corrected chi connectivity index (χ1v) is 8.25. The van der Waals surface area contributed by atoms with E-state index in [1.807, 2.05) is 30.3 Å². The summed E-state index contributed by atoms with van der Waals surface area (Å²) in [4.78, 5) is 36.8. The van der Waals surface area contributed by atoms with E-state index in [4.69, 9.17) is 4.74 Å². The number of rotatable bonds is 2. The SMILES string of the molecule is Cc1ncc(C(=O)N2CCN3C(=O)OC[C@H]3C2)c(-c2ccccc2)n1. The van der Waals surface area contributed by atoms with Crippen LogP contribution in [0.1, 0.15) is 16.2 Å². The molecule has 25 heavy (non-hydrogen) atoms. The lowest BCUT2D eigenvalue weighted by atomic mass is 10.1. The molecule has 1 atom stereocenters. The molecule has 0 N–H and O–H groups in total. The molecule has 7 nitrogen and oxygen atoms in total. The fourth-order valence-corrected chi connectivity index (χ4v) is 3.29. The van der Waals surface area contributed by atoms with E-state index < -0.39 is 0 Å². The quantitative estimate of drug-likeness (QED) is 0.833. The third-order valence-corrected chi connectivity index (χ3v) is 4.59. The van der Waals surface area contributed by atoms with E-state index in [0.29, 0.717) is 43.3 Å². The first-order valence-electron chi connectivity index (χ1n) is 8.25. The molecule has 0 bridgehead atoms. The summed E-state index contributed by atoms with van der Waals surface area (Å²) in [6, 6.07) is 9.55. The first-order chi connectivity index (χ1) is 12.1. The second-order valence-electron chi connectivity index (χ2n) is 6.22. The van der Waals surface area contributed by atoms with E-state index in [-0.39, 0.29) is 18.0 Å². The fraction of sp³-hybridized carbons (Fsp3) is 0.333. The first kappa shape index (κ1) is 15.6. The summed E-state index contributed by atoms with van der Waals surface area (Å²) < 4.78 is 5.07. The van der Waals surface area contributed by atoms with E-state index in [9.17, 15) is 9.59 Å². The molecule has 0 aliphatic carbocycles. The molecular formula is C18H18N4O3. The zero-order chi connectivity index (χ0) is 17.4.